The third-order valence-corrected chi connectivity index (χ3v) is 6.42. The second kappa shape index (κ2) is 8.29. The molecule has 3 heterocycles. The van der Waals surface area contributed by atoms with Gasteiger partial charge in [-0.1, -0.05) is 29.8 Å². The van der Waals surface area contributed by atoms with Crippen molar-refractivity contribution in [1.29, 1.82) is 0 Å². The first-order chi connectivity index (χ1) is 13.1. The molecule has 1 atom stereocenters. The predicted octanol–water partition coefficient (Wildman–Crippen LogP) is 2.84. The lowest BCUT2D eigenvalue weighted by molar-refractivity contribution is -0.138. The van der Waals surface area contributed by atoms with Gasteiger partial charge in [0.1, 0.15) is 0 Å². The number of benzene rings is 1. The van der Waals surface area contributed by atoms with Gasteiger partial charge in [0.05, 0.1) is 6.61 Å². The van der Waals surface area contributed by atoms with Gasteiger partial charge in [-0.05, 0) is 44.7 Å². The van der Waals surface area contributed by atoms with Gasteiger partial charge in [-0.2, -0.15) is 5.06 Å². The quantitative estimate of drug-likeness (QED) is 0.797. The van der Waals surface area contributed by atoms with Crippen LogP contribution in [0.15, 0.2) is 24.3 Å². The lowest BCUT2D eigenvalue weighted by atomic mass is 9.79. The Hall–Kier alpha value is -1.43. The molecule has 3 saturated heterocycles. The van der Waals surface area contributed by atoms with Gasteiger partial charge >= 0.3 is 0 Å². The molecule has 3 fully saturated rings. The zero-order valence-corrected chi connectivity index (χ0v) is 16.7. The van der Waals surface area contributed by atoms with Gasteiger partial charge in [0.2, 0.25) is 5.91 Å². The Kier molecular flexibility index (Phi) is 5.81. The van der Waals surface area contributed by atoms with E-state index in [1.54, 1.807) is 0 Å². The van der Waals surface area contributed by atoms with Crippen LogP contribution in [0.2, 0.25) is 0 Å². The van der Waals surface area contributed by atoms with Crippen molar-refractivity contribution in [3.05, 3.63) is 35.4 Å². The third-order valence-electron chi connectivity index (χ3n) is 6.42. The van der Waals surface area contributed by atoms with E-state index >= 15 is 0 Å². The Morgan fingerprint density at radius 1 is 1.15 bits per heavy atom. The molecule has 0 aliphatic carbocycles. The maximum Gasteiger partial charge on any atom is 0.223 e. The number of piperidine rings is 1. The summed E-state index contributed by atoms with van der Waals surface area (Å²) in [6, 6.07) is 8.85. The third kappa shape index (κ3) is 4.71. The molecule has 0 aromatic heterocycles. The summed E-state index contributed by atoms with van der Waals surface area (Å²) in [5, 5.41) is 1.95. The van der Waals surface area contributed by atoms with E-state index in [1.165, 1.54) is 30.5 Å². The predicted molar refractivity (Wildman–Crippen MR) is 106 cm³/mol. The normalized spacial score (nSPS) is 26.9. The fourth-order valence-electron chi connectivity index (χ4n) is 5.05. The summed E-state index contributed by atoms with van der Waals surface area (Å²) in [6.45, 7) is 9.87. The highest BCUT2D eigenvalue weighted by atomic mass is 16.7. The minimum atomic E-state index is 0.304. The Bertz CT molecular complexity index is 659. The molecule has 0 saturated carbocycles. The molecule has 5 heteroatoms. The van der Waals surface area contributed by atoms with Crippen LogP contribution >= 0.6 is 0 Å². The monoisotopic (exact) mass is 371 g/mol. The van der Waals surface area contributed by atoms with Gasteiger partial charge in [-0.3, -0.25) is 14.5 Å². The summed E-state index contributed by atoms with van der Waals surface area (Å²) in [4.78, 5) is 22.9. The zero-order chi connectivity index (χ0) is 18.7. The first kappa shape index (κ1) is 18.9. The second-order valence-electron chi connectivity index (χ2n) is 8.73. The van der Waals surface area contributed by atoms with E-state index < -0.39 is 0 Å². The minimum absolute atomic E-state index is 0.304. The number of hydroxylamine groups is 2. The first-order valence-electron chi connectivity index (χ1n) is 10.6. The molecule has 1 spiro atoms. The van der Waals surface area contributed by atoms with Crippen molar-refractivity contribution in [3.63, 3.8) is 0 Å². The molecular weight excluding hydrogens is 338 g/mol. The van der Waals surface area contributed by atoms with E-state index in [0.717, 1.165) is 58.7 Å². The zero-order valence-electron chi connectivity index (χ0n) is 16.7. The van der Waals surface area contributed by atoms with Crippen LogP contribution in [-0.4, -0.2) is 66.6 Å². The van der Waals surface area contributed by atoms with Crippen molar-refractivity contribution in [1.82, 2.24) is 14.9 Å². The van der Waals surface area contributed by atoms with Gasteiger partial charge < -0.3 is 4.90 Å². The molecule has 3 aliphatic heterocycles. The van der Waals surface area contributed by atoms with Crippen molar-refractivity contribution in [2.75, 3.05) is 45.9 Å². The minimum Gasteiger partial charge on any atom is -0.342 e. The molecule has 0 N–H and O–H groups in total. The van der Waals surface area contributed by atoms with Gasteiger partial charge in [-0.25, -0.2) is 0 Å². The lowest BCUT2D eigenvalue weighted by Crippen LogP contribution is -2.45. The van der Waals surface area contributed by atoms with Crippen LogP contribution in [0, 0.1) is 12.3 Å². The molecule has 148 valence electrons. The van der Waals surface area contributed by atoms with Gasteiger partial charge in [0.15, 0.2) is 0 Å². The van der Waals surface area contributed by atoms with Crippen LogP contribution in [0.25, 0.3) is 0 Å². The highest BCUT2D eigenvalue weighted by Crippen LogP contribution is 2.39. The number of likely N-dealkylation sites (tertiary alicyclic amines) is 2. The van der Waals surface area contributed by atoms with Crippen LogP contribution in [0.5, 0.6) is 0 Å². The second-order valence-corrected chi connectivity index (χ2v) is 8.73. The van der Waals surface area contributed by atoms with E-state index in [2.05, 4.69) is 41.0 Å². The molecule has 1 amide bonds. The largest absolute Gasteiger partial charge is 0.342 e. The lowest BCUT2D eigenvalue weighted by Gasteiger charge is -2.40. The summed E-state index contributed by atoms with van der Waals surface area (Å²) < 4.78 is 0. The molecule has 3 aliphatic rings. The average molecular weight is 372 g/mol. The van der Waals surface area contributed by atoms with Crippen molar-refractivity contribution in [2.45, 2.75) is 45.6 Å². The molecule has 1 aromatic carbocycles. The summed E-state index contributed by atoms with van der Waals surface area (Å²) in [6.07, 6.45) is 5.33. The molecule has 5 nitrogen and oxygen atoms in total. The summed E-state index contributed by atoms with van der Waals surface area (Å²) in [5.41, 5.74) is 3.05. The molecule has 0 bridgehead atoms. The Balaban J connectivity index is 1.30. The first-order valence-corrected chi connectivity index (χ1v) is 10.6. The number of rotatable bonds is 5. The van der Waals surface area contributed by atoms with E-state index in [1.807, 2.05) is 5.06 Å². The van der Waals surface area contributed by atoms with Crippen LogP contribution < -0.4 is 0 Å². The van der Waals surface area contributed by atoms with E-state index in [0.29, 0.717) is 17.7 Å². The number of nitrogens with zero attached hydrogens (tertiary/aromatic N) is 3. The SMILES string of the molecule is Cc1cccc(CN2CCC[C@]3(CCN(C(=O)CCN4CCCO4)C3)C2)c1. The number of carbonyl (C=O) groups is 1. The summed E-state index contributed by atoms with van der Waals surface area (Å²) >= 11 is 0. The molecule has 1 aromatic rings. The van der Waals surface area contributed by atoms with Gasteiger partial charge in [0, 0.05) is 51.1 Å². The summed E-state index contributed by atoms with van der Waals surface area (Å²) in [7, 11) is 0. The van der Waals surface area contributed by atoms with Crippen LogP contribution in [0.4, 0.5) is 0 Å². The fourth-order valence-corrected chi connectivity index (χ4v) is 5.05. The molecule has 0 unspecified atom stereocenters. The highest BCUT2D eigenvalue weighted by Gasteiger charge is 2.42. The standard InChI is InChI=1S/C22H33N3O2/c1-19-5-2-6-20(15-19)16-23-10-3-8-22(17-23)9-13-24(18-22)21(26)7-12-25-11-4-14-27-25/h2,5-6,15H,3-4,7-14,16-18H2,1H3/t22-/m0/s1. The highest BCUT2D eigenvalue weighted by molar-refractivity contribution is 5.76. The summed E-state index contributed by atoms with van der Waals surface area (Å²) in [5.74, 6) is 0.304. The molecule has 27 heavy (non-hydrogen) atoms. The Labute approximate surface area is 163 Å². The van der Waals surface area contributed by atoms with Crippen LogP contribution in [-0.2, 0) is 16.2 Å². The topological polar surface area (TPSA) is 36.0 Å². The number of carbonyl (C=O) groups excluding carboxylic acids is 1. The fraction of sp³-hybridized carbons (Fsp3) is 0.682. The van der Waals surface area contributed by atoms with Crippen LogP contribution in [0.1, 0.15) is 43.2 Å². The van der Waals surface area contributed by atoms with Gasteiger partial charge in [0.25, 0.3) is 0 Å². The average Bonchev–Trinajstić information content (AvgIpc) is 3.30. The number of hydrogen-bond donors (Lipinski definition) is 0. The van der Waals surface area contributed by atoms with Crippen molar-refractivity contribution < 1.29 is 9.63 Å². The van der Waals surface area contributed by atoms with E-state index in [-0.39, 0.29) is 0 Å². The maximum absolute atomic E-state index is 12.7. The Morgan fingerprint density at radius 2 is 2.07 bits per heavy atom. The van der Waals surface area contributed by atoms with Crippen LogP contribution in [0.3, 0.4) is 0 Å². The number of hydrogen-bond acceptors (Lipinski definition) is 4. The molecular formula is C22H33N3O2. The number of amides is 1. The van der Waals surface area contributed by atoms with Crippen molar-refractivity contribution in [3.8, 4) is 0 Å². The number of aryl methyl sites for hydroxylation is 1. The van der Waals surface area contributed by atoms with Crippen molar-refractivity contribution >= 4 is 5.91 Å². The molecule has 0 radical (unpaired) electrons. The van der Waals surface area contributed by atoms with Crippen molar-refractivity contribution in [2.24, 2.45) is 5.41 Å². The molecule has 4 rings (SSSR count). The van der Waals surface area contributed by atoms with Gasteiger partial charge in [-0.15, -0.1) is 0 Å². The van der Waals surface area contributed by atoms with E-state index in [4.69, 9.17) is 4.84 Å². The Morgan fingerprint density at radius 3 is 2.89 bits per heavy atom. The smallest absolute Gasteiger partial charge is 0.223 e. The van der Waals surface area contributed by atoms with E-state index in [9.17, 15) is 4.79 Å². The maximum atomic E-state index is 12.7.